The second kappa shape index (κ2) is 9.10. The maximum absolute atomic E-state index is 12.6. The molecule has 1 saturated heterocycles. The molecule has 2 aliphatic heterocycles. The number of nitrogens with one attached hydrogen (secondary N) is 2. The molecule has 164 valence electrons. The fraction of sp³-hybridized carbons (Fsp3) is 0.440. The predicted molar refractivity (Wildman–Crippen MR) is 125 cm³/mol. The zero-order valence-corrected chi connectivity index (χ0v) is 18.7. The molecule has 0 unspecified atom stereocenters. The Balaban J connectivity index is 1.45. The first-order valence-electron chi connectivity index (χ1n) is 11.2. The maximum atomic E-state index is 12.6. The van der Waals surface area contributed by atoms with Crippen LogP contribution in [0.2, 0.25) is 0 Å². The van der Waals surface area contributed by atoms with E-state index in [2.05, 4.69) is 45.7 Å². The van der Waals surface area contributed by atoms with E-state index >= 15 is 0 Å². The Labute approximate surface area is 184 Å². The number of hydrogen-bond donors (Lipinski definition) is 2. The fourth-order valence-electron chi connectivity index (χ4n) is 4.62. The summed E-state index contributed by atoms with van der Waals surface area (Å²) in [5.41, 5.74) is 6.52. The van der Waals surface area contributed by atoms with Crippen molar-refractivity contribution in [3.05, 3.63) is 58.7 Å². The van der Waals surface area contributed by atoms with Crippen molar-refractivity contribution in [3.63, 3.8) is 0 Å². The van der Waals surface area contributed by atoms with Crippen molar-refractivity contribution >= 4 is 23.2 Å². The van der Waals surface area contributed by atoms with Gasteiger partial charge in [0.15, 0.2) is 0 Å². The third kappa shape index (κ3) is 4.74. The first-order valence-corrected chi connectivity index (χ1v) is 11.2. The Kier molecular flexibility index (Phi) is 6.28. The lowest BCUT2D eigenvalue weighted by Crippen LogP contribution is -2.41. The summed E-state index contributed by atoms with van der Waals surface area (Å²) in [5, 5.41) is 5.64. The molecule has 2 heterocycles. The lowest BCUT2D eigenvalue weighted by atomic mass is 10.0. The van der Waals surface area contributed by atoms with Crippen LogP contribution in [0.15, 0.2) is 36.4 Å². The summed E-state index contributed by atoms with van der Waals surface area (Å²) in [5.74, 6) is -1.21. The van der Waals surface area contributed by atoms with Gasteiger partial charge in [-0.15, -0.1) is 0 Å². The summed E-state index contributed by atoms with van der Waals surface area (Å²) >= 11 is 0. The summed E-state index contributed by atoms with van der Waals surface area (Å²) in [6, 6.07) is 12.5. The fourth-order valence-corrected chi connectivity index (χ4v) is 4.62. The Morgan fingerprint density at radius 1 is 1.00 bits per heavy atom. The maximum Gasteiger partial charge on any atom is 0.313 e. The largest absolute Gasteiger partial charge is 0.374 e. The number of amides is 2. The van der Waals surface area contributed by atoms with E-state index in [1.807, 2.05) is 32.0 Å². The molecule has 2 amide bonds. The minimum absolute atomic E-state index is 0.0798. The van der Waals surface area contributed by atoms with Crippen molar-refractivity contribution in [2.24, 2.45) is 0 Å². The Bertz CT molecular complexity index is 981. The summed E-state index contributed by atoms with van der Waals surface area (Å²) in [6.07, 6.45) is 3.40. The average molecular weight is 421 g/mol. The summed E-state index contributed by atoms with van der Waals surface area (Å²) < 4.78 is 0. The second-order valence-corrected chi connectivity index (χ2v) is 8.80. The van der Waals surface area contributed by atoms with E-state index in [9.17, 15) is 9.59 Å². The molecule has 31 heavy (non-hydrogen) atoms. The summed E-state index contributed by atoms with van der Waals surface area (Å²) in [6.45, 7) is 7.39. The van der Waals surface area contributed by atoms with Crippen LogP contribution in [0.3, 0.4) is 0 Å². The SMILES string of the molecule is Cc1ccc(C)c(NC(=O)C(=O)NC[C@@H](c2ccc3c(c2)CCN3C)N2CCCC2)c1. The number of benzene rings is 2. The number of aryl methyl sites for hydroxylation is 2. The first-order chi connectivity index (χ1) is 14.9. The molecule has 2 N–H and O–H groups in total. The monoisotopic (exact) mass is 420 g/mol. The van der Waals surface area contributed by atoms with Gasteiger partial charge in [0.1, 0.15) is 0 Å². The number of carbonyl (C=O) groups excluding carboxylic acids is 2. The zero-order valence-electron chi connectivity index (χ0n) is 18.7. The van der Waals surface area contributed by atoms with E-state index in [4.69, 9.17) is 0 Å². The van der Waals surface area contributed by atoms with E-state index in [0.29, 0.717) is 12.2 Å². The third-order valence-electron chi connectivity index (χ3n) is 6.50. The predicted octanol–water partition coefficient (Wildman–Crippen LogP) is 3.19. The van der Waals surface area contributed by atoms with Crippen LogP contribution in [-0.4, -0.2) is 49.9 Å². The van der Waals surface area contributed by atoms with Crippen LogP contribution >= 0.6 is 0 Å². The number of rotatable bonds is 5. The summed E-state index contributed by atoms with van der Waals surface area (Å²) in [7, 11) is 2.12. The second-order valence-electron chi connectivity index (χ2n) is 8.80. The van der Waals surface area contributed by atoms with E-state index in [1.165, 1.54) is 29.7 Å². The molecule has 2 aromatic rings. The molecule has 6 nitrogen and oxygen atoms in total. The van der Waals surface area contributed by atoms with Gasteiger partial charge in [-0.1, -0.05) is 24.3 Å². The topological polar surface area (TPSA) is 64.7 Å². The number of carbonyl (C=O) groups is 2. The van der Waals surface area contributed by atoms with Gasteiger partial charge in [0.05, 0.1) is 6.04 Å². The van der Waals surface area contributed by atoms with Gasteiger partial charge in [0.25, 0.3) is 0 Å². The van der Waals surface area contributed by atoms with Crippen LogP contribution in [0.25, 0.3) is 0 Å². The van der Waals surface area contributed by atoms with Crippen LogP contribution in [0.4, 0.5) is 11.4 Å². The molecule has 0 spiro atoms. The van der Waals surface area contributed by atoms with Crippen LogP contribution < -0.4 is 15.5 Å². The third-order valence-corrected chi connectivity index (χ3v) is 6.50. The van der Waals surface area contributed by atoms with Gasteiger partial charge in [-0.25, -0.2) is 0 Å². The van der Waals surface area contributed by atoms with Crippen LogP contribution in [0, 0.1) is 13.8 Å². The molecular weight excluding hydrogens is 388 g/mol. The van der Waals surface area contributed by atoms with Gasteiger partial charge < -0.3 is 15.5 Å². The Morgan fingerprint density at radius 2 is 1.77 bits per heavy atom. The van der Waals surface area contributed by atoms with Gasteiger partial charge >= 0.3 is 11.8 Å². The molecular formula is C25H32N4O2. The highest BCUT2D eigenvalue weighted by Gasteiger charge is 2.27. The zero-order chi connectivity index (χ0) is 22.0. The van der Waals surface area contributed by atoms with Gasteiger partial charge in [0, 0.05) is 31.5 Å². The van der Waals surface area contributed by atoms with Crippen LogP contribution in [0.5, 0.6) is 0 Å². The van der Waals surface area contributed by atoms with Crippen molar-refractivity contribution in [1.82, 2.24) is 10.2 Å². The van der Waals surface area contributed by atoms with Crippen LogP contribution in [0.1, 0.15) is 41.1 Å². The van der Waals surface area contributed by atoms with Gasteiger partial charge in [-0.2, -0.15) is 0 Å². The molecule has 2 aliphatic rings. The molecule has 0 saturated carbocycles. The molecule has 0 aliphatic carbocycles. The van der Waals surface area contributed by atoms with E-state index in [0.717, 1.165) is 37.2 Å². The van der Waals surface area contributed by atoms with Crippen molar-refractivity contribution in [2.75, 3.05) is 43.4 Å². The highest BCUT2D eigenvalue weighted by Crippen LogP contribution is 2.32. The van der Waals surface area contributed by atoms with Crippen LogP contribution in [-0.2, 0) is 16.0 Å². The Hall–Kier alpha value is -2.86. The number of nitrogens with zero attached hydrogens (tertiary/aromatic N) is 2. The normalized spacial score (nSPS) is 16.8. The summed E-state index contributed by atoms with van der Waals surface area (Å²) in [4.78, 5) is 29.8. The van der Waals surface area contributed by atoms with E-state index < -0.39 is 11.8 Å². The quantitative estimate of drug-likeness (QED) is 0.730. The number of fused-ring (bicyclic) bond motifs is 1. The molecule has 0 aromatic heterocycles. The average Bonchev–Trinajstić information content (AvgIpc) is 3.41. The minimum Gasteiger partial charge on any atom is -0.374 e. The standard InChI is InChI=1S/C25H32N4O2/c1-17-6-7-18(2)21(14-17)27-25(31)24(30)26-16-23(29-11-4-5-12-29)19-8-9-22-20(15-19)10-13-28(22)3/h6-9,14-15,23H,4-5,10-13,16H2,1-3H3,(H,26,30)(H,27,31)/t23-/m0/s1. The van der Waals surface area contributed by atoms with E-state index in [-0.39, 0.29) is 6.04 Å². The minimum atomic E-state index is -0.621. The highest BCUT2D eigenvalue weighted by molar-refractivity contribution is 6.39. The van der Waals surface area contributed by atoms with Crippen molar-refractivity contribution in [3.8, 4) is 0 Å². The molecule has 1 fully saturated rings. The highest BCUT2D eigenvalue weighted by atomic mass is 16.2. The van der Waals surface area contributed by atoms with Gasteiger partial charge in [0.2, 0.25) is 0 Å². The smallest absolute Gasteiger partial charge is 0.313 e. The lowest BCUT2D eigenvalue weighted by molar-refractivity contribution is -0.136. The van der Waals surface area contributed by atoms with Gasteiger partial charge in [-0.3, -0.25) is 14.5 Å². The number of hydrogen-bond acceptors (Lipinski definition) is 4. The van der Waals surface area contributed by atoms with Crippen molar-refractivity contribution in [1.29, 1.82) is 0 Å². The molecule has 6 heteroatoms. The number of likely N-dealkylation sites (N-methyl/N-ethyl adjacent to an activating group) is 1. The molecule has 0 radical (unpaired) electrons. The lowest BCUT2D eigenvalue weighted by Gasteiger charge is -2.28. The molecule has 4 rings (SSSR count). The van der Waals surface area contributed by atoms with Crippen molar-refractivity contribution < 1.29 is 9.59 Å². The molecule has 2 aromatic carbocycles. The number of likely N-dealkylation sites (tertiary alicyclic amines) is 1. The van der Waals surface area contributed by atoms with Gasteiger partial charge in [-0.05, 0) is 80.6 Å². The Morgan fingerprint density at radius 3 is 2.55 bits per heavy atom. The molecule has 1 atom stereocenters. The van der Waals surface area contributed by atoms with Crippen molar-refractivity contribution in [2.45, 2.75) is 39.2 Å². The number of anilines is 2. The first kappa shape index (κ1) is 21.4. The molecule has 0 bridgehead atoms. The van der Waals surface area contributed by atoms with E-state index in [1.54, 1.807) is 0 Å².